The van der Waals surface area contributed by atoms with Crippen LogP contribution >= 0.6 is 11.6 Å². The molecule has 25 heavy (non-hydrogen) atoms. The molecule has 0 spiro atoms. The smallest absolute Gasteiger partial charge is 0.234 e. The fourth-order valence-corrected chi connectivity index (χ4v) is 2.74. The first-order chi connectivity index (χ1) is 11.9. The van der Waals surface area contributed by atoms with Crippen LogP contribution in [-0.2, 0) is 17.8 Å². The van der Waals surface area contributed by atoms with Crippen LogP contribution in [-0.4, -0.2) is 29.9 Å². The molecule has 0 aliphatic rings. The standard InChI is InChI=1S/C20H24ClFN2O/c1-15(2)24(13-17-4-3-5-18(21)12-17)14-20(25)23-11-10-16-6-8-19(22)9-7-16/h3-9,12,15H,10-11,13-14H2,1-2H3,(H,23,25). The topological polar surface area (TPSA) is 32.3 Å². The van der Waals surface area contributed by atoms with Gasteiger partial charge in [0.2, 0.25) is 5.91 Å². The predicted molar refractivity (Wildman–Crippen MR) is 100 cm³/mol. The van der Waals surface area contributed by atoms with Crippen molar-refractivity contribution in [2.24, 2.45) is 0 Å². The molecule has 0 unspecified atom stereocenters. The summed E-state index contributed by atoms with van der Waals surface area (Å²) in [5.41, 5.74) is 2.08. The Hall–Kier alpha value is -1.91. The molecule has 0 fully saturated rings. The van der Waals surface area contributed by atoms with Gasteiger partial charge in [0.25, 0.3) is 0 Å². The third kappa shape index (κ3) is 6.85. The number of halogens is 2. The normalized spacial score (nSPS) is 11.1. The summed E-state index contributed by atoms with van der Waals surface area (Å²) < 4.78 is 12.9. The lowest BCUT2D eigenvalue weighted by Crippen LogP contribution is -2.40. The molecule has 0 saturated carbocycles. The molecule has 2 rings (SSSR count). The van der Waals surface area contributed by atoms with Crippen molar-refractivity contribution < 1.29 is 9.18 Å². The summed E-state index contributed by atoms with van der Waals surface area (Å²) in [4.78, 5) is 14.3. The van der Waals surface area contributed by atoms with Crippen LogP contribution in [0.3, 0.4) is 0 Å². The molecule has 2 aromatic rings. The third-order valence-corrected chi connectivity index (χ3v) is 4.24. The zero-order chi connectivity index (χ0) is 18.2. The second kappa shape index (κ2) is 9.54. The van der Waals surface area contributed by atoms with Crippen LogP contribution in [0.25, 0.3) is 0 Å². The number of hydrogen-bond donors (Lipinski definition) is 1. The van der Waals surface area contributed by atoms with Gasteiger partial charge in [-0.1, -0.05) is 35.9 Å². The van der Waals surface area contributed by atoms with Gasteiger partial charge in [-0.3, -0.25) is 9.69 Å². The number of carbonyl (C=O) groups is 1. The first kappa shape index (κ1) is 19.4. The third-order valence-electron chi connectivity index (χ3n) is 4.00. The highest BCUT2D eigenvalue weighted by Crippen LogP contribution is 2.14. The largest absolute Gasteiger partial charge is 0.355 e. The van der Waals surface area contributed by atoms with Crippen molar-refractivity contribution in [2.45, 2.75) is 32.9 Å². The van der Waals surface area contributed by atoms with Crippen LogP contribution in [0.4, 0.5) is 4.39 Å². The molecule has 5 heteroatoms. The Morgan fingerprint density at radius 1 is 1.16 bits per heavy atom. The van der Waals surface area contributed by atoms with Crippen LogP contribution in [0.2, 0.25) is 5.02 Å². The lowest BCUT2D eigenvalue weighted by atomic mass is 10.1. The minimum absolute atomic E-state index is 0.0159. The van der Waals surface area contributed by atoms with E-state index < -0.39 is 0 Å². The zero-order valence-corrected chi connectivity index (χ0v) is 15.4. The van der Waals surface area contributed by atoms with Crippen molar-refractivity contribution in [1.82, 2.24) is 10.2 Å². The van der Waals surface area contributed by atoms with E-state index in [4.69, 9.17) is 11.6 Å². The highest BCUT2D eigenvalue weighted by molar-refractivity contribution is 6.30. The number of nitrogens with one attached hydrogen (secondary N) is 1. The van der Waals surface area contributed by atoms with E-state index >= 15 is 0 Å². The van der Waals surface area contributed by atoms with E-state index in [2.05, 4.69) is 24.1 Å². The Morgan fingerprint density at radius 3 is 2.52 bits per heavy atom. The maximum absolute atomic E-state index is 12.9. The quantitative estimate of drug-likeness (QED) is 0.768. The van der Waals surface area contributed by atoms with E-state index in [-0.39, 0.29) is 17.8 Å². The van der Waals surface area contributed by atoms with Crippen LogP contribution in [0, 0.1) is 5.82 Å². The van der Waals surface area contributed by atoms with Gasteiger partial charge < -0.3 is 5.32 Å². The maximum atomic E-state index is 12.9. The Balaban J connectivity index is 1.82. The molecule has 0 aliphatic carbocycles. The lowest BCUT2D eigenvalue weighted by molar-refractivity contribution is -0.122. The number of nitrogens with zero attached hydrogens (tertiary/aromatic N) is 1. The van der Waals surface area contributed by atoms with Crippen LogP contribution in [0.15, 0.2) is 48.5 Å². The average molecular weight is 363 g/mol. The van der Waals surface area contributed by atoms with Gasteiger partial charge in [-0.25, -0.2) is 4.39 Å². The Labute approximate surface area is 153 Å². The van der Waals surface area contributed by atoms with Crippen molar-refractivity contribution in [2.75, 3.05) is 13.1 Å². The van der Waals surface area contributed by atoms with Crippen molar-refractivity contribution in [3.8, 4) is 0 Å². The Morgan fingerprint density at radius 2 is 1.88 bits per heavy atom. The van der Waals surface area contributed by atoms with Gasteiger partial charge >= 0.3 is 0 Å². The fraction of sp³-hybridized carbons (Fsp3) is 0.350. The Kier molecular flexibility index (Phi) is 7.41. The summed E-state index contributed by atoms with van der Waals surface area (Å²) in [5, 5.41) is 3.63. The summed E-state index contributed by atoms with van der Waals surface area (Å²) in [6.45, 7) is 5.66. The average Bonchev–Trinajstić information content (AvgIpc) is 2.56. The monoisotopic (exact) mass is 362 g/mol. The SMILES string of the molecule is CC(C)N(CC(=O)NCCc1ccc(F)cc1)Cc1cccc(Cl)c1. The van der Waals surface area contributed by atoms with Gasteiger partial charge in [0.05, 0.1) is 6.54 Å². The van der Waals surface area contributed by atoms with E-state index in [0.29, 0.717) is 31.1 Å². The number of benzene rings is 2. The van der Waals surface area contributed by atoms with Crippen molar-refractivity contribution in [1.29, 1.82) is 0 Å². The van der Waals surface area contributed by atoms with E-state index in [1.54, 1.807) is 12.1 Å². The summed E-state index contributed by atoms with van der Waals surface area (Å²) in [6.07, 6.45) is 0.683. The van der Waals surface area contributed by atoms with Crippen LogP contribution in [0.1, 0.15) is 25.0 Å². The molecule has 3 nitrogen and oxygen atoms in total. The second-order valence-electron chi connectivity index (χ2n) is 6.36. The molecular weight excluding hydrogens is 339 g/mol. The molecule has 1 N–H and O–H groups in total. The van der Waals surface area contributed by atoms with Crippen molar-refractivity contribution >= 4 is 17.5 Å². The minimum atomic E-state index is -0.249. The zero-order valence-electron chi connectivity index (χ0n) is 14.6. The number of rotatable bonds is 8. The molecule has 0 heterocycles. The van der Waals surface area contributed by atoms with Crippen molar-refractivity contribution in [3.63, 3.8) is 0 Å². The van der Waals surface area contributed by atoms with E-state index in [0.717, 1.165) is 11.1 Å². The molecule has 0 atom stereocenters. The number of carbonyl (C=O) groups excluding carboxylic acids is 1. The Bertz CT molecular complexity index is 688. The predicted octanol–water partition coefficient (Wildman–Crippen LogP) is 4.05. The van der Waals surface area contributed by atoms with Gasteiger partial charge in [-0.15, -0.1) is 0 Å². The first-order valence-electron chi connectivity index (χ1n) is 8.43. The maximum Gasteiger partial charge on any atom is 0.234 e. The molecule has 0 saturated heterocycles. The molecule has 134 valence electrons. The van der Waals surface area contributed by atoms with Gasteiger partial charge in [0.1, 0.15) is 5.82 Å². The van der Waals surface area contributed by atoms with E-state index in [9.17, 15) is 9.18 Å². The van der Waals surface area contributed by atoms with Gasteiger partial charge in [0, 0.05) is 24.2 Å². The van der Waals surface area contributed by atoms with Gasteiger partial charge in [-0.2, -0.15) is 0 Å². The van der Waals surface area contributed by atoms with Gasteiger partial charge in [-0.05, 0) is 55.7 Å². The highest BCUT2D eigenvalue weighted by atomic mass is 35.5. The van der Waals surface area contributed by atoms with Crippen LogP contribution in [0.5, 0.6) is 0 Å². The molecule has 0 aromatic heterocycles. The summed E-state index contributed by atoms with van der Waals surface area (Å²) in [7, 11) is 0. The summed E-state index contributed by atoms with van der Waals surface area (Å²) in [6, 6.07) is 14.3. The summed E-state index contributed by atoms with van der Waals surface area (Å²) >= 11 is 6.03. The summed E-state index contributed by atoms with van der Waals surface area (Å²) in [5.74, 6) is -0.265. The van der Waals surface area contributed by atoms with Crippen molar-refractivity contribution in [3.05, 3.63) is 70.5 Å². The second-order valence-corrected chi connectivity index (χ2v) is 6.79. The molecule has 0 aliphatic heterocycles. The molecule has 0 radical (unpaired) electrons. The van der Waals surface area contributed by atoms with E-state index in [1.165, 1.54) is 12.1 Å². The molecule has 1 amide bonds. The minimum Gasteiger partial charge on any atom is -0.355 e. The number of hydrogen-bond acceptors (Lipinski definition) is 2. The van der Waals surface area contributed by atoms with E-state index in [1.807, 2.05) is 24.3 Å². The first-order valence-corrected chi connectivity index (χ1v) is 8.81. The lowest BCUT2D eigenvalue weighted by Gasteiger charge is -2.26. The van der Waals surface area contributed by atoms with Gasteiger partial charge in [0.15, 0.2) is 0 Å². The fourth-order valence-electron chi connectivity index (χ4n) is 2.53. The molecule has 2 aromatic carbocycles. The highest BCUT2D eigenvalue weighted by Gasteiger charge is 2.14. The molecule has 0 bridgehead atoms. The molecular formula is C20H24ClFN2O. The number of amides is 1. The van der Waals surface area contributed by atoms with Crippen LogP contribution < -0.4 is 5.32 Å².